The Balaban J connectivity index is 1.89. The Kier molecular flexibility index (Phi) is 3.46. The van der Waals surface area contributed by atoms with E-state index >= 15 is 0 Å². The lowest BCUT2D eigenvalue weighted by molar-refractivity contribution is 0.0917. The molecule has 2 aromatic rings. The highest BCUT2D eigenvalue weighted by Gasteiger charge is 2.41. The molecule has 1 N–H and O–H groups in total. The van der Waals surface area contributed by atoms with Gasteiger partial charge < -0.3 is 4.74 Å². The summed E-state index contributed by atoms with van der Waals surface area (Å²) in [5.41, 5.74) is 1.45. The molecule has 0 spiro atoms. The normalized spacial score (nSPS) is 20.7. The zero-order chi connectivity index (χ0) is 15.0. The molecule has 1 aliphatic rings. The minimum Gasteiger partial charge on any atom is -0.486 e. The summed E-state index contributed by atoms with van der Waals surface area (Å²) < 4.78 is 19.9. The minimum atomic E-state index is -0.358. The van der Waals surface area contributed by atoms with Crippen LogP contribution in [0.3, 0.4) is 0 Å². The fourth-order valence-electron chi connectivity index (χ4n) is 2.99. The number of ether oxygens (including phenoxy) is 1. The smallest absolute Gasteiger partial charge is 0.127 e. The summed E-state index contributed by atoms with van der Waals surface area (Å²) >= 11 is 0. The van der Waals surface area contributed by atoms with Crippen LogP contribution in [0.4, 0.5) is 4.39 Å². The van der Waals surface area contributed by atoms with E-state index in [-0.39, 0.29) is 23.5 Å². The highest BCUT2D eigenvalue weighted by atomic mass is 19.1. The minimum absolute atomic E-state index is 0.0308. The van der Waals surface area contributed by atoms with Crippen LogP contribution in [0, 0.1) is 5.82 Å². The molecule has 0 aliphatic carbocycles. The Morgan fingerprint density at radius 3 is 2.52 bits per heavy atom. The lowest BCUT2D eigenvalue weighted by Crippen LogP contribution is -2.40. The van der Waals surface area contributed by atoms with Gasteiger partial charge in [-0.05, 0) is 32.9 Å². The Morgan fingerprint density at radius 2 is 1.76 bits per heavy atom. The Hall–Kier alpha value is -1.87. The number of rotatable bonds is 3. The predicted octanol–water partition coefficient (Wildman–Crippen LogP) is 4.39. The molecule has 2 atom stereocenters. The molecule has 0 amide bonds. The van der Waals surface area contributed by atoms with E-state index in [2.05, 4.69) is 25.2 Å². The quantitative estimate of drug-likeness (QED) is 0.903. The van der Waals surface area contributed by atoms with Gasteiger partial charge in [0, 0.05) is 17.2 Å². The van der Waals surface area contributed by atoms with Gasteiger partial charge >= 0.3 is 0 Å². The first-order valence-electron chi connectivity index (χ1n) is 7.27. The second-order valence-electron chi connectivity index (χ2n) is 6.09. The largest absolute Gasteiger partial charge is 0.486 e. The van der Waals surface area contributed by atoms with Crippen LogP contribution >= 0.6 is 0 Å². The average molecular weight is 285 g/mol. The van der Waals surface area contributed by atoms with Crippen molar-refractivity contribution in [3.63, 3.8) is 0 Å². The number of fused-ring (bicyclic) bond motifs is 1. The van der Waals surface area contributed by atoms with E-state index in [1.165, 1.54) is 6.07 Å². The second kappa shape index (κ2) is 5.15. The number of hydrogen-bond donors (Lipinski definition) is 1. The zero-order valence-corrected chi connectivity index (χ0v) is 12.6. The van der Waals surface area contributed by atoms with Gasteiger partial charge in [-0.25, -0.2) is 4.39 Å². The molecule has 1 unspecified atom stereocenters. The molecular weight excluding hydrogens is 265 g/mol. The molecule has 2 nitrogen and oxygen atoms in total. The molecule has 21 heavy (non-hydrogen) atoms. The lowest BCUT2D eigenvalue weighted by Gasteiger charge is -2.30. The molecule has 2 aromatic carbocycles. The van der Waals surface area contributed by atoms with Crippen LogP contribution in [0.15, 0.2) is 48.5 Å². The molecule has 0 bridgehead atoms. The molecule has 110 valence electrons. The van der Waals surface area contributed by atoms with Gasteiger partial charge in [-0.3, -0.25) is 5.32 Å². The zero-order valence-electron chi connectivity index (χ0n) is 12.6. The van der Waals surface area contributed by atoms with Crippen LogP contribution < -0.4 is 10.1 Å². The van der Waals surface area contributed by atoms with E-state index in [0.717, 1.165) is 11.3 Å². The second-order valence-corrected chi connectivity index (χ2v) is 6.09. The Bertz CT molecular complexity index is 653. The van der Waals surface area contributed by atoms with Crippen molar-refractivity contribution in [2.24, 2.45) is 0 Å². The fourth-order valence-corrected chi connectivity index (χ4v) is 2.99. The monoisotopic (exact) mass is 285 g/mol. The van der Waals surface area contributed by atoms with Crippen LogP contribution in [-0.2, 0) is 0 Å². The molecule has 3 rings (SSSR count). The Morgan fingerprint density at radius 1 is 1.10 bits per heavy atom. The molecule has 3 heteroatoms. The molecular formula is C18H20FNO. The molecule has 0 saturated heterocycles. The summed E-state index contributed by atoms with van der Waals surface area (Å²) in [6.07, 6.45) is 0. The van der Waals surface area contributed by atoms with Crippen LogP contribution in [-0.4, -0.2) is 5.60 Å². The lowest BCUT2D eigenvalue weighted by atomic mass is 9.93. The van der Waals surface area contributed by atoms with Gasteiger partial charge in [0.2, 0.25) is 0 Å². The Labute approximate surface area is 125 Å². The van der Waals surface area contributed by atoms with Crippen molar-refractivity contribution in [2.75, 3.05) is 0 Å². The number of nitrogens with one attached hydrogen (secondary N) is 1. The fraction of sp³-hybridized carbons (Fsp3) is 0.333. The van der Waals surface area contributed by atoms with E-state index in [1.807, 2.05) is 37.3 Å². The van der Waals surface area contributed by atoms with Crippen molar-refractivity contribution in [3.8, 4) is 5.75 Å². The van der Waals surface area contributed by atoms with Crippen LogP contribution in [0.25, 0.3) is 0 Å². The summed E-state index contributed by atoms with van der Waals surface area (Å²) in [6.45, 7) is 6.09. The van der Waals surface area contributed by atoms with Gasteiger partial charge in [-0.15, -0.1) is 0 Å². The first-order valence-corrected chi connectivity index (χ1v) is 7.27. The first-order chi connectivity index (χ1) is 9.99. The van der Waals surface area contributed by atoms with Crippen molar-refractivity contribution in [1.82, 2.24) is 5.32 Å². The highest BCUT2D eigenvalue weighted by molar-refractivity contribution is 5.42. The molecule has 0 radical (unpaired) electrons. The summed E-state index contributed by atoms with van der Waals surface area (Å²) in [4.78, 5) is 0. The third-order valence-corrected chi connectivity index (χ3v) is 4.09. The van der Waals surface area contributed by atoms with E-state index < -0.39 is 0 Å². The van der Waals surface area contributed by atoms with Gasteiger partial charge in [0.15, 0.2) is 0 Å². The van der Waals surface area contributed by atoms with Crippen molar-refractivity contribution >= 4 is 0 Å². The van der Waals surface area contributed by atoms with E-state index in [4.69, 9.17) is 4.74 Å². The molecule has 0 fully saturated rings. The number of benzene rings is 2. The van der Waals surface area contributed by atoms with Crippen molar-refractivity contribution in [3.05, 3.63) is 65.5 Å². The molecule has 1 heterocycles. The number of hydrogen-bond acceptors (Lipinski definition) is 2. The van der Waals surface area contributed by atoms with E-state index in [1.54, 1.807) is 6.07 Å². The summed E-state index contributed by atoms with van der Waals surface area (Å²) in [5, 5.41) is 3.52. The van der Waals surface area contributed by atoms with E-state index in [0.29, 0.717) is 5.56 Å². The van der Waals surface area contributed by atoms with Gasteiger partial charge in [-0.2, -0.15) is 0 Å². The molecule has 1 aliphatic heterocycles. The van der Waals surface area contributed by atoms with E-state index in [9.17, 15) is 4.39 Å². The average Bonchev–Trinajstić information content (AvgIpc) is 2.70. The first kappa shape index (κ1) is 14.1. The number of para-hydroxylation sites is 1. The number of halogens is 1. The van der Waals surface area contributed by atoms with Gasteiger partial charge in [0.05, 0.1) is 6.04 Å². The summed E-state index contributed by atoms with van der Waals surface area (Å²) in [6, 6.07) is 14.9. The van der Waals surface area contributed by atoms with Gasteiger partial charge in [0.25, 0.3) is 0 Å². The third kappa shape index (κ3) is 2.54. The molecule has 0 aromatic heterocycles. The summed E-state index contributed by atoms with van der Waals surface area (Å²) in [5.74, 6) is 0.725. The van der Waals surface area contributed by atoms with Crippen molar-refractivity contribution in [2.45, 2.75) is 38.5 Å². The SMILES string of the molecule is C[C@@H](NC1c2ccccc2OC1(C)C)c1ccccc1F. The highest BCUT2D eigenvalue weighted by Crippen LogP contribution is 2.43. The predicted molar refractivity (Wildman–Crippen MR) is 81.8 cm³/mol. The topological polar surface area (TPSA) is 21.3 Å². The third-order valence-electron chi connectivity index (χ3n) is 4.09. The van der Waals surface area contributed by atoms with Gasteiger partial charge in [-0.1, -0.05) is 36.4 Å². The van der Waals surface area contributed by atoms with Crippen LogP contribution in [0.1, 0.15) is 44.0 Å². The standard InChI is InChI=1S/C18H20FNO/c1-12(13-8-4-6-10-15(13)19)20-17-14-9-5-7-11-16(14)21-18(17,2)3/h4-12,17,20H,1-3H3/t12-,17?/m1/s1. The maximum absolute atomic E-state index is 13.9. The summed E-state index contributed by atoms with van der Waals surface area (Å²) in [7, 11) is 0. The van der Waals surface area contributed by atoms with Crippen molar-refractivity contribution in [1.29, 1.82) is 0 Å². The van der Waals surface area contributed by atoms with Crippen molar-refractivity contribution < 1.29 is 9.13 Å². The van der Waals surface area contributed by atoms with Gasteiger partial charge in [0.1, 0.15) is 17.2 Å². The molecule has 0 saturated carbocycles. The maximum atomic E-state index is 13.9. The van der Waals surface area contributed by atoms with Crippen LogP contribution in [0.5, 0.6) is 5.75 Å². The van der Waals surface area contributed by atoms with Crippen LogP contribution in [0.2, 0.25) is 0 Å². The maximum Gasteiger partial charge on any atom is 0.127 e.